The average Bonchev–Trinajstić information content (AvgIpc) is 3.48. The number of halogens is 1. The molecule has 0 spiro atoms. The van der Waals surface area contributed by atoms with Gasteiger partial charge < -0.3 is 9.64 Å². The van der Waals surface area contributed by atoms with Crippen molar-refractivity contribution < 1.29 is 13.9 Å². The molecule has 2 fully saturated rings. The van der Waals surface area contributed by atoms with Gasteiger partial charge in [-0.05, 0) is 31.4 Å². The zero-order chi connectivity index (χ0) is 18.0. The van der Waals surface area contributed by atoms with Crippen LogP contribution in [0.25, 0.3) is 0 Å². The van der Waals surface area contributed by atoms with Crippen molar-refractivity contribution in [3.05, 3.63) is 59.9 Å². The first-order valence-corrected chi connectivity index (χ1v) is 9.06. The molecule has 2 heterocycles. The molecule has 6 heteroatoms. The van der Waals surface area contributed by atoms with Crippen LogP contribution in [0.2, 0.25) is 0 Å². The van der Waals surface area contributed by atoms with Gasteiger partial charge in [-0.1, -0.05) is 18.2 Å². The highest BCUT2D eigenvalue weighted by molar-refractivity contribution is 5.91. The summed E-state index contributed by atoms with van der Waals surface area (Å²) in [5, 5.41) is 0. The highest BCUT2D eigenvalue weighted by atomic mass is 19.1. The Morgan fingerprint density at radius 1 is 1.31 bits per heavy atom. The van der Waals surface area contributed by atoms with Gasteiger partial charge in [0.25, 0.3) is 0 Å². The Labute approximate surface area is 152 Å². The van der Waals surface area contributed by atoms with Crippen molar-refractivity contribution in [1.29, 1.82) is 0 Å². The van der Waals surface area contributed by atoms with Gasteiger partial charge in [-0.25, -0.2) is 14.4 Å². The number of benzene rings is 1. The van der Waals surface area contributed by atoms with Crippen LogP contribution < -0.4 is 0 Å². The number of ether oxygens (including phenoxy) is 1. The number of amides is 1. The lowest BCUT2D eigenvalue weighted by molar-refractivity contribution is -0.134. The van der Waals surface area contributed by atoms with E-state index < -0.39 is 5.41 Å². The molecule has 1 aliphatic heterocycles. The molecule has 0 unspecified atom stereocenters. The number of hydrogen-bond donors (Lipinski definition) is 0. The number of aromatic nitrogens is 2. The van der Waals surface area contributed by atoms with Crippen molar-refractivity contribution in [1.82, 2.24) is 14.9 Å². The molecule has 5 nitrogen and oxygen atoms in total. The first-order chi connectivity index (χ1) is 12.7. The molecule has 1 atom stereocenters. The van der Waals surface area contributed by atoms with Crippen LogP contribution in [0.15, 0.2) is 42.9 Å². The molecule has 1 aromatic carbocycles. The van der Waals surface area contributed by atoms with Crippen LogP contribution in [-0.4, -0.2) is 47.1 Å². The lowest BCUT2D eigenvalue weighted by Gasteiger charge is -2.28. The summed E-state index contributed by atoms with van der Waals surface area (Å²) in [6.07, 6.45) is 5.41. The lowest BCUT2D eigenvalue weighted by Crippen LogP contribution is -2.43. The summed E-state index contributed by atoms with van der Waals surface area (Å²) < 4.78 is 20.0. The van der Waals surface area contributed by atoms with Gasteiger partial charge >= 0.3 is 0 Å². The summed E-state index contributed by atoms with van der Waals surface area (Å²) in [6, 6.07) is 8.53. The van der Waals surface area contributed by atoms with E-state index in [0.29, 0.717) is 44.7 Å². The molecule has 0 N–H and O–H groups in total. The quantitative estimate of drug-likeness (QED) is 0.845. The minimum Gasteiger partial charge on any atom is -0.379 e. The SMILES string of the molecule is O=C(N1CCOC[C@@H](Cc2ccncn2)C1)C1(c2ccccc2F)CC1. The summed E-state index contributed by atoms with van der Waals surface area (Å²) in [4.78, 5) is 23.3. The minimum atomic E-state index is -0.685. The topological polar surface area (TPSA) is 55.3 Å². The van der Waals surface area contributed by atoms with E-state index in [-0.39, 0.29) is 17.6 Å². The molecule has 1 saturated carbocycles. The highest BCUT2D eigenvalue weighted by Crippen LogP contribution is 2.50. The molecule has 1 aromatic heterocycles. The molecule has 2 aliphatic rings. The zero-order valence-corrected chi connectivity index (χ0v) is 14.6. The molecule has 0 bridgehead atoms. The molecule has 136 valence electrons. The van der Waals surface area contributed by atoms with Gasteiger partial charge in [0.05, 0.1) is 18.6 Å². The Bertz CT molecular complexity index is 780. The van der Waals surface area contributed by atoms with E-state index in [0.717, 1.165) is 12.1 Å². The largest absolute Gasteiger partial charge is 0.379 e. The predicted molar refractivity (Wildman–Crippen MR) is 93.9 cm³/mol. The van der Waals surface area contributed by atoms with Crippen molar-refractivity contribution in [2.45, 2.75) is 24.7 Å². The number of nitrogens with zero attached hydrogens (tertiary/aromatic N) is 3. The summed E-state index contributed by atoms with van der Waals surface area (Å²) in [5.41, 5.74) is 0.787. The monoisotopic (exact) mass is 355 g/mol. The van der Waals surface area contributed by atoms with Gasteiger partial charge in [0.1, 0.15) is 12.1 Å². The third-order valence-corrected chi connectivity index (χ3v) is 5.31. The number of rotatable bonds is 4. The van der Waals surface area contributed by atoms with Crippen molar-refractivity contribution in [2.24, 2.45) is 5.92 Å². The minimum absolute atomic E-state index is 0.0285. The van der Waals surface area contributed by atoms with Crippen LogP contribution >= 0.6 is 0 Å². The Morgan fingerprint density at radius 3 is 2.88 bits per heavy atom. The molecule has 1 amide bonds. The van der Waals surface area contributed by atoms with E-state index in [9.17, 15) is 9.18 Å². The maximum absolute atomic E-state index is 14.3. The maximum atomic E-state index is 14.3. The van der Waals surface area contributed by atoms with Gasteiger partial charge in [-0.2, -0.15) is 0 Å². The van der Waals surface area contributed by atoms with E-state index in [1.54, 1.807) is 24.4 Å². The highest BCUT2D eigenvalue weighted by Gasteiger charge is 2.54. The van der Waals surface area contributed by atoms with E-state index in [1.807, 2.05) is 11.0 Å². The molecule has 1 aliphatic carbocycles. The fourth-order valence-electron chi connectivity index (χ4n) is 3.80. The molecule has 2 aromatic rings. The van der Waals surface area contributed by atoms with Crippen LogP contribution in [0.1, 0.15) is 24.1 Å². The van der Waals surface area contributed by atoms with E-state index in [1.165, 1.54) is 12.4 Å². The number of carbonyl (C=O) groups is 1. The van der Waals surface area contributed by atoms with Gasteiger partial charge in [-0.15, -0.1) is 0 Å². The average molecular weight is 355 g/mol. The number of hydrogen-bond acceptors (Lipinski definition) is 4. The third-order valence-electron chi connectivity index (χ3n) is 5.31. The summed E-state index contributed by atoms with van der Waals surface area (Å²) in [5.74, 6) is -0.0875. The standard InChI is InChI=1S/C20H22FN3O2/c21-18-4-2-1-3-17(18)20(6-7-20)19(25)24-9-10-26-13-15(12-24)11-16-5-8-22-14-23-16/h1-5,8,14-15H,6-7,9-13H2/t15-/m0/s1. The first-order valence-electron chi connectivity index (χ1n) is 9.06. The van der Waals surface area contributed by atoms with Crippen LogP contribution in [0.3, 0.4) is 0 Å². The fraction of sp³-hybridized carbons (Fsp3) is 0.450. The van der Waals surface area contributed by atoms with Crippen LogP contribution in [0.4, 0.5) is 4.39 Å². The normalized spacial score (nSPS) is 21.9. The molecule has 26 heavy (non-hydrogen) atoms. The molecule has 1 saturated heterocycles. The Morgan fingerprint density at radius 2 is 2.15 bits per heavy atom. The smallest absolute Gasteiger partial charge is 0.233 e. The molecular formula is C20H22FN3O2. The van der Waals surface area contributed by atoms with Crippen LogP contribution in [-0.2, 0) is 21.4 Å². The number of carbonyl (C=O) groups excluding carboxylic acids is 1. The summed E-state index contributed by atoms with van der Waals surface area (Å²) in [7, 11) is 0. The Balaban J connectivity index is 1.51. The van der Waals surface area contributed by atoms with E-state index in [2.05, 4.69) is 9.97 Å². The Kier molecular flexibility index (Phi) is 4.68. The van der Waals surface area contributed by atoms with E-state index >= 15 is 0 Å². The molecular weight excluding hydrogens is 333 g/mol. The fourth-order valence-corrected chi connectivity index (χ4v) is 3.80. The van der Waals surface area contributed by atoms with Gasteiger partial charge in [0.15, 0.2) is 0 Å². The molecule has 4 rings (SSSR count). The van der Waals surface area contributed by atoms with Crippen LogP contribution in [0.5, 0.6) is 0 Å². The van der Waals surface area contributed by atoms with Crippen molar-refractivity contribution in [2.75, 3.05) is 26.3 Å². The van der Waals surface area contributed by atoms with Crippen molar-refractivity contribution in [3.63, 3.8) is 0 Å². The van der Waals surface area contributed by atoms with E-state index in [4.69, 9.17) is 4.74 Å². The van der Waals surface area contributed by atoms with Gasteiger partial charge in [-0.3, -0.25) is 4.79 Å². The second kappa shape index (κ2) is 7.11. The first kappa shape index (κ1) is 17.1. The van der Waals surface area contributed by atoms with Gasteiger partial charge in [0, 0.05) is 36.5 Å². The predicted octanol–water partition coefficient (Wildman–Crippen LogP) is 2.36. The van der Waals surface area contributed by atoms with Crippen molar-refractivity contribution in [3.8, 4) is 0 Å². The third kappa shape index (κ3) is 3.33. The van der Waals surface area contributed by atoms with Gasteiger partial charge in [0.2, 0.25) is 5.91 Å². The summed E-state index contributed by atoms with van der Waals surface area (Å²) in [6.45, 7) is 2.27. The zero-order valence-electron chi connectivity index (χ0n) is 14.6. The van der Waals surface area contributed by atoms with Crippen LogP contribution in [0, 0.1) is 11.7 Å². The second-order valence-corrected chi connectivity index (χ2v) is 7.16. The lowest BCUT2D eigenvalue weighted by atomic mass is 9.93. The van der Waals surface area contributed by atoms with Crippen molar-refractivity contribution >= 4 is 5.91 Å². The second-order valence-electron chi connectivity index (χ2n) is 7.16. The maximum Gasteiger partial charge on any atom is 0.233 e. The molecule has 0 radical (unpaired) electrons. The Hall–Kier alpha value is -2.34. The summed E-state index contributed by atoms with van der Waals surface area (Å²) >= 11 is 0.